The number of nitrogens with zero attached hydrogens (tertiary/aromatic N) is 1. The van der Waals surface area contributed by atoms with Crippen LogP contribution in [0.25, 0.3) is 0 Å². The molecule has 1 N–H and O–H groups in total. The van der Waals surface area contributed by atoms with Crippen molar-refractivity contribution < 1.29 is 4.74 Å². The van der Waals surface area contributed by atoms with Gasteiger partial charge >= 0.3 is 0 Å². The second-order valence-corrected chi connectivity index (χ2v) is 5.01. The van der Waals surface area contributed by atoms with E-state index in [4.69, 9.17) is 4.74 Å². The molecule has 1 rings (SSSR count). The highest BCUT2D eigenvalue weighted by Gasteiger charge is 2.09. The Morgan fingerprint density at radius 1 is 1.28 bits per heavy atom. The molecule has 3 nitrogen and oxygen atoms in total. The molecule has 0 aliphatic heterocycles. The quantitative estimate of drug-likeness (QED) is 0.805. The molecule has 0 aromatic heterocycles. The Labute approximate surface area is 111 Å². The van der Waals surface area contributed by atoms with Crippen LogP contribution in [-0.4, -0.2) is 32.8 Å². The van der Waals surface area contributed by atoms with Gasteiger partial charge in [0.05, 0.1) is 6.10 Å². The third kappa shape index (κ3) is 4.96. The fraction of sp³-hybridized carbons (Fsp3) is 0.600. The molecular formula is C15H26N2O. The zero-order chi connectivity index (χ0) is 13.5. The van der Waals surface area contributed by atoms with E-state index in [1.165, 1.54) is 5.69 Å². The lowest BCUT2D eigenvalue weighted by Gasteiger charge is -2.20. The second kappa shape index (κ2) is 7.27. The van der Waals surface area contributed by atoms with Crippen molar-refractivity contribution in [2.24, 2.45) is 0 Å². The van der Waals surface area contributed by atoms with E-state index in [1.54, 1.807) is 0 Å². The van der Waals surface area contributed by atoms with Crippen molar-refractivity contribution in [1.82, 2.24) is 5.32 Å². The van der Waals surface area contributed by atoms with E-state index < -0.39 is 0 Å². The SMILES string of the molecule is CCNC(C)CC(C)Oc1cccc(N(C)C)c1. The van der Waals surface area contributed by atoms with Crippen LogP contribution in [0.15, 0.2) is 24.3 Å². The number of hydrogen-bond acceptors (Lipinski definition) is 3. The van der Waals surface area contributed by atoms with E-state index in [0.717, 1.165) is 18.7 Å². The van der Waals surface area contributed by atoms with Crippen molar-refractivity contribution in [3.05, 3.63) is 24.3 Å². The Bertz CT molecular complexity index is 352. The molecule has 2 atom stereocenters. The van der Waals surface area contributed by atoms with Crippen LogP contribution in [0.2, 0.25) is 0 Å². The number of nitrogens with one attached hydrogen (secondary N) is 1. The largest absolute Gasteiger partial charge is 0.491 e. The summed E-state index contributed by atoms with van der Waals surface area (Å²) in [6.07, 6.45) is 1.23. The molecule has 0 heterocycles. The third-order valence-corrected chi connectivity index (χ3v) is 2.91. The van der Waals surface area contributed by atoms with E-state index in [0.29, 0.717) is 6.04 Å². The smallest absolute Gasteiger partial charge is 0.121 e. The van der Waals surface area contributed by atoms with Crippen LogP contribution in [0, 0.1) is 0 Å². The Morgan fingerprint density at radius 2 is 2.00 bits per heavy atom. The molecule has 0 bridgehead atoms. The fourth-order valence-electron chi connectivity index (χ4n) is 2.05. The summed E-state index contributed by atoms with van der Waals surface area (Å²) in [7, 11) is 4.07. The van der Waals surface area contributed by atoms with Gasteiger partial charge in [0.2, 0.25) is 0 Å². The molecule has 0 aliphatic rings. The first kappa shape index (κ1) is 14.8. The van der Waals surface area contributed by atoms with Crippen molar-refractivity contribution >= 4 is 5.69 Å². The monoisotopic (exact) mass is 250 g/mol. The number of rotatable bonds is 7. The molecule has 102 valence electrons. The topological polar surface area (TPSA) is 24.5 Å². The van der Waals surface area contributed by atoms with Crippen molar-refractivity contribution in [2.75, 3.05) is 25.5 Å². The number of ether oxygens (including phenoxy) is 1. The van der Waals surface area contributed by atoms with Gasteiger partial charge in [-0.3, -0.25) is 0 Å². The molecule has 1 aromatic rings. The first-order valence-electron chi connectivity index (χ1n) is 6.70. The summed E-state index contributed by atoms with van der Waals surface area (Å²) in [5, 5.41) is 3.40. The molecule has 0 spiro atoms. The molecule has 3 heteroatoms. The molecular weight excluding hydrogens is 224 g/mol. The Balaban J connectivity index is 2.53. The van der Waals surface area contributed by atoms with E-state index in [1.807, 2.05) is 26.2 Å². The van der Waals surface area contributed by atoms with Gasteiger partial charge in [-0.1, -0.05) is 13.0 Å². The number of anilines is 1. The van der Waals surface area contributed by atoms with Crippen molar-refractivity contribution in [3.8, 4) is 5.75 Å². The normalized spacial score (nSPS) is 14.1. The highest BCUT2D eigenvalue weighted by Crippen LogP contribution is 2.21. The van der Waals surface area contributed by atoms with Crippen LogP contribution < -0.4 is 15.0 Å². The lowest BCUT2D eigenvalue weighted by molar-refractivity contribution is 0.196. The van der Waals surface area contributed by atoms with Gasteiger partial charge < -0.3 is 15.0 Å². The van der Waals surface area contributed by atoms with Crippen molar-refractivity contribution in [3.63, 3.8) is 0 Å². The number of benzene rings is 1. The minimum Gasteiger partial charge on any atom is -0.491 e. The summed E-state index contributed by atoms with van der Waals surface area (Å²) in [4.78, 5) is 2.08. The van der Waals surface area contributed by atoms with E-state index in [2.05, 4.69) is 43.1 Å². The maximum atomic E-state index is 5.96. The average Bonchev–Trinajstić information content (AvgIpc) is 2.29. The summed E-state index contributed by atoms with van der Waals surface area (Å²) in [6, 6.07) is 8.70. The van der Waals surface area contributed by atoms with Gasteiger partial charge in [0, 0.05) is 31.9 Å². The lowest BCUT2D eigenvalue weighted by Crippen LogP contribution is -2.30. The second-order valence-electron chi connectivity index (χ2n) is 5.01. The zero-order valence-corrected chi connectivity index (χ0v) is 12.2. The van der Waals surface area contributed by atoms with Gasteiger partial charge in [-0.25, -0.2) is 0 Å². The maximum Gasteiger partial charge on any atom is 0.121 e. The summed E-state index contributed by atoms with van der Waals surface area (Å²) in [5.41, 5.74) is 1.17. The van der Waals surface area contributed by atoms with Crippen LogP contribution in [0.1, 0.15) is 27.2 Å². The van der Waals surface area contributed by atoms with E-state index >= 15 is 0 Å². The van der Waals surface area contributed by atoms with Crippen molar-refractivity contribution in [1.29, 1.82) is 0 Å². The summed E-state index contributed by atoms with van der Waals surface area (Å²) < 4.78 is 5.96. The minimum absolute atomic E-state index is 0.219. The van der Waals surface area contributed by atoms with E-state index in [9.17, 15) is 0 Å². The molecule has 0 saturated carbocycles. The molecule has 0 aliphatic carbocycles. The predicted octanol–water partition coefficient (Wildman–Crippen LogP) is 2.91. The highest BCUT2D eigenvalue weighted by atomic mass is 16.5. The molecule has 0 fully saturated rings. The van der Waals surface area contributed by atoms with Crippen LogP contribution in [0.4, 0.5) is 5.69 Å². The van der Waals surface area contributed by atoms with Crippen molar-refractivity contribution in [2.45, 2.75) is 39.3 Å². The Morgan fingerprint density at radius 3 is 2.61 bits per heavy atom. The van der Waals surface area contributed by atoms with Gasteiger partial charge in [-0.2, -0.15) is 0 Å². The van der Waals surface area contributed by atoms with Gasteiger partial charge in [-0.05, 0) is 38.9 Å². The highest BCUT2D eigenvalue weighted by molar-refractivity contribution is 5.49. The average molecular weight is 250 g/mol. The van der Waals surface area contributed by atoms with Gasteiger partial charge in [0.1, 0.15) is 5.75 Å². The summed E-state index contributed by atoms with van der Waals surface area (Å²) >= 11 is 0. The zero-order valence-electron chi connectivity index (χ0n) is 12.2. The Kier molecular flexibility index (Phi) is 5.99. The minimum atomic E-state index is 0.219. The van der Waals surface area contributed by atoms with Gasteiger partial charge in [-0.15, -0.1) is 0 Å². The van der Waals surface area contributed by atoms with Crippen LogP contribution in [0.5, 0.6) is 5.75 Å². The van der Waals surface area contributed by atoms with Crippen LogP contribution >= 0.6 is 0 Å². The Hall–Kier alpha value is -1.22. The maximum absolute atomic E-state index is 5.96. The van der Waals surface area contributed by atoms with Gasteiger partial charge in [0.15, 0.2) is 0 Å². The molecule has 2 unspecified atom stereocenters. The lowest BCUT2D eigenvalue weighted by atomic mass is 10.1. The molecule has 0 radical (unpaired) electrons. The molecule has 0 amide bonds. The number of hydrogen-bond donors (Lipinski definition) is 1. The molecule has 1 aromatic carbocycles. The fourth-order valence-corrected chi connectivity index (χ4v) is 2.05. The predicted molar refractivity (Wildman–Crippen MR) is 78.6 cm³/mol. The standard InChI is InChI=1S/C15H26N2O/c1-6-16-12(2)10-13(3)18-15-9-7-8-14(11-15)17(4)5/h7-9,11-13,16H,6,10H2,1-5H3. The summed E-state index contributed by atoms with van der Waals surface area (Å²) in [6.45, 7) is 7.45. The molecule has 18 heavy (non-hydrogen) atoms. The first-order valence-corrected chi connectivity index (χ1v) is 6.70. The summed E-state index contributed by atoms with van der Waals surface area (Å²) in [5.74, 6) is 0.942. The third-order valence-electron chi connectivity index (χ3n) is 2.91. The van der Waals surface area contributed by atoms with Crippen LogP contribution in [0.3, 0.4) is 0 Å². The molecule has 0 saturated heterocycles. The van der Waals surface area contributed by atoms with Crippen LogP contribution in [-0.2, 0) is 0 Å². The van der Waals surface area contributed by atoms with E-state index in [-0.39, 0.29) is 6.10 Å². The van der Waals surface area contributed by atoms with Gasteiger partial charge in [0.25, 0.3) is 0 Å². The first-order chi connectivity index (χ1) is 8.52.